The lowest BCUT2D eigenvalue weighted by Gasteiger charge is -2.36. The minimum atomic E-state index is 0. The van der Waals surface area contributed by atoms with Gasteiger partial charge in [0.1, 0.15) is 0 Å². The molecular formula is C22H32ClIN6S. The number of hydrogen-bond acceptors (Lipinski definition) is 5. The van der Waals surface area contributed by atoms with Crippen molar-refractivity contribution in [2.75, 3.05) is 57.8 Å². The van der Waals surface area contributed by atoms with Crippen molar-refractivity contribution in [1.29, 1.82) is 0 Å². The molecule has 0 bridgehead atoms. The predicted molar refractivity (Wildman–Crippen MR) is 142 cm³/mol. The molecular weight excluding hydrogens is 543 g/mol. The Morgan fingerprint density at radius 2 is 1.94 bits per heavy atom. The highest BCUT2D eigenvalue weighted by Crippen LogP contribution is 2.24. The molecule has 4 rings (SSSR count). The fourth-order valence-electron chi connectivity index (χ4n) is 4.11. The summed E-state index contributed by atoms with van der Waals surface area (Å²) in [5, 5.41) is 7.72. The number of nitrogens with zero attached hydrogens (tertiary/aromatic N) is 5. The first kappa shape index (κ1) is 24.5. The number of rotatable bonds is 6. The average molecular weight is 575 g/mol. The molecule has 31 heavy (non-hydrogen) atoms. The van der Waals surface area contributed by atoms with Gasteiger partial charge in [0.15, 0.2) is 11.1 Å². The number of piperazine rings is 1. The summed E-state index contributed by atoms with van der Waals surface area (Å²) in [6, 6.07) is 8.15. The number of benzene rings is 1. The standard InChI is InChI=1S/C22H31ClN6S.HI/c1-24-21(25-8-7-20-17-30-22(26-20)29-9-2-3-10-29)28-13-11-27(12-14-28)16-18-5-4-6-19(23)15-18;/h4-6,15,17H,2-3,7-14,16H2,1H3,(H,24,25);1H. The average Bonchev–Trinajstić information content (AvgIpc) is 3.44. The van der Waals surface area contributed by atoms with Crippen molar-refractivity contribution >= 4 is 58.0 Å². The number of aromatic nitrogens is 1. The van der Waals surface area contributed by atoms with Crippen molar-refractivity contribution in [3.05, 3.63) is 45.9 Å². The maximum atomic E-state index is 6.12. The monoisotopic (exact) mass is 574 g/mol. The number of guanidine groups is 1. The van der Waals surface area contributed by atoms with E-state index in [0.29, 0.717) is 0 Å². The first-order chi connectivity index (χ1) is 14.7. The molecule has 0 amide bonds. The molecule has 0 radical (unpaired) electrons. The van der Waals surface area contributed by atoms with Crippen molar-refractivity contribution in [2.24, 2.45) is 4.99 Å². The van der Waals surface area contributed by atoms with Gasteiger partial charge in [-0.2, -0.15) is 0 Å². The van der Waals surface area contributed by atoms with Gasteiger partial charge in [0, 0.05) is 76.2 Å². The molecule has 1 aromatic carbocycles. The topological polar surface area (TPSA) is 47.0 Å². The van der Waals surface area contributed by atoms with Crippen LogP contribution >= 0.6 is 46.9 Å². The summed E-state index contributed by atoms with van der Waals surface area (Å²) in [5.74, 6) is 0.993. The van der Waals surface area contributed by atoms with Crippen LogP contribution in [0.15, 0.2) is 34.6 Å². The molecule has 2 aromatic rings. The van der Waals surface area contributed by atoms with Gasteiger partial charge in [-0.05, 0) is 30.5 Å². The van der Waals surface area contributed by atoms with Crippen LogP contribution in [0.5, 0.6) is 0 Å². The molecule has 3 heterocycles. The van der Waals surface area contributed by atoms with Crippen LogP contribution in [0, 0.1) is 0 Å². The van der Waals surface area contributed by atoms with E-state index < -0.39 is 0 Å². The van der Waals surface area contributed by atoms with Crippen molar-refractivity contribution in [3.8, 4) is 0 Å². The van der Waals surface area contributed by atoms with Gasteiger partial charge >= 0.3 is 0 Å². The molecule has 2 saturated heterocycles. The Labute approximate surface area is 211 Å². The third-order valence-corrected chi connectivity index (χ3v) is 6.94. The van der Waals surface area contributed by atoms with Crippen molar-refractivity contribution in [1.82, 2.24) is 20.1 Å². The highest BCUT2D eigenvalue weighted by Gasteiger charge is 2.20. The van der Waals surface area contributed by atoms with E-state index in [1.54, 1.807) is 11.3 Å². The zero-order chi connectivity index (χ0) is 20.8. The molecule has 2 fully saturated rings. The van der Waals surface area contributed by atoms with Crippen LogP contribution in [0.2, 0.25) is 5.02 Å². The SMILES string of the molecule is CN=C(NCCc1csc(N2CCCC2)n1)N1CCN(Cc2cccc(Cl)c2)CC1.I. The molecule has 0 atom stereocenters. The Hall–Kier alpha value is -1.10. The molecule has 2 aliphatic rings. The van der Waals surface area contributed by atoms with Gasteiger partial charge < -0.3 is 15.1 Å². The summed E-state index contributed by atoms with van der Waals surface area (Å²) in [7, 11) is 1.87. The summed E-state index contributed by atoms with van der Waals surface area (Å²) < 4.78 is 0. The Morgan fingerprint density at radius 1 is 1.16 bits per heavy atom. The fourth-order valence-corrected chi connectivity index (χ4v) is 5.24. The second-order valence-electron chi connectivity index (χ2n) is 7.93. The molecule has 0 saturated carbocycles. The summed E-state index contributed by atoms with van der Waals surface area (Å²) >= 11 is 7.89. The maximum Gasteiger partial charge on any atom is 0.193 e. The van der Waals surface area contributed by atoms with Crippen molar-refractivity contribution in [2.45, 2.75) is 25.8 Å². The fraction of sp³-hybridized carbons (Fsp3) is 0.545. The number of halogens is 2. The Bertz CT molecular complexity index is 846. The van der Waals surface area contributed by atoms with Crippen molar-refractivity contribution in [3.63, 3.8) is 0 Å². The minimum absolute atomic E-state index is 0. The van der Waals surface area contributed by atoms with Crippen LogP contribution in [0.1, 0.15) is 24.1 Å². The lowest BCUT2D eigenvalue weighted by molar-refractivity contribution is 0.172. The highest BCUT2D eigenvalue weighted by molar-refractivity contribution is 14.0. The van der Waals surface area contributed by atoms with E-state index >= 15 is 0 Å². The van der Waals surface area contributed by atoms with Gasteiger partial charge in [-0.3, -0.25) is 9.89 Å². The smallest absolute Gasteiger partial charge is 0.193 e. The predicted octanol–water partition coefficient (Wildman–Crippen LogP) is 3.95. The van der Waals surface area contributed by atoms with Crippen LogP contribution in [-0.2, 0) is 13.0 Å². The van der Waals surface area contributed by atoms with Gasteiger partial charge in [-0.1, -0.05) is 23.7 Å². The molecule has 6 nitrogen and oxygen atoms in total. The molecule has 1 aromatic heterocycles. The Balaban J connectivity index is 0.00000272. The molecule has 0 unspecified atom stereocenters. The molecule has 1 N–H and O–H groups in total. The Kier molecular flexibility index (Phi) is 9.68. The first-order valence-electron chi connectivity index (χ1n) is 10.8. The molecule has 2 aliphatic heterocycles. The van der Waals surface area contributed by atoms with Crippen LogP contribution in [-0.4, -0.2) is 73.6 Å². The number of thiazole rings is 1. The molecule has 0 spiro atoms. The third-order valence-electron chi connectivity index (χ3n) is 5.76. The summed E-state index contributed by atoms with van der Waals surface area (Å²) in [5.41, 5.74) is 2.45. The molecule has 170 valence electrons. The van der Waals surface area contributed by atoms with E-state index in [1.807, 2.05) is 19.2 Å². The summed E-state index contributed by atoms with van der Waals surface area (Å²) in [4.78, 5) is 16.6. The third kappa shape index (κ3) is 6.94. The van der Waals surface area contributed by atoms with Gasteiger partial charge in [-0.25, -0.2) is 4.98 Å². The number of nitrogens with one attached hydrogen (secondary N) is 1. The Morgan fingerprint density at radius 3 is 2.65 bits per heavy atom. The van der Waals surface area contributed by atoms with E-state index in [-0.39, 0.29) is 24.0 Å². The second kappa shape index (κ2) is 12.2. The van der Waals surface area contributed by atoms with E-state index in [9.17, 15) is 0 Å². The van der Waals surface area contributed by atoms with Crippen LogP contribution in [0.4, 0.5) is 5.13 Å². The zero-order valence-electron chi connectivity index (χ0n) is 18.1. The zero-order valence-corrected chi connectivity index (χ0v) is 22.0. The quantitative estimate of drug-likeness (QED) is 0.322. The van der Waals surface area contributed by atoms with Gasteiger partial charge in [0.05, 0.1) is 5.69 Å². The van der Waals surface area contributed by atoms with E-state index in [0.717, 1.165) is 69.8 Å². The van der Waals surface area contributed by atoms with Crippen LogP contribution in [0.25, 0.3) is 0 Å². The minimum Gasteiger partial charge on any atom is -0.356 e. The molecule has 0 aliphatic carbocycles. The number of anilines is 1. The van der Waals surface area contributed by atoms with Gasteiger partial charge in [-0.15, -0.1) is 35.3 Å². The van der Waals surface area contributed by atoms with Crippen molar-refractivity contribution < 1.29 is 0 Å². The van der Waals surface area contributed by atoms with Gasteiger partial charge in [0.2, 0.25) is 0 Å². The maximum absolute atomic E-state index is 6.12. The van der Waals surface area contributed by atoms with Crippen LogP contribution < -0.4 is 10.2 Å². The summed E-state index contributed by atoms with van der Waals surface area (Å²) in [6.07, 6.45) is 3.51. The number of aliphatic imine (C=N–C) groups is 1. The van der Waals surface area contributed by atoms with E-state index in [4.69, 9.17) is 16.6 Å². The largest absolute Gasteiger partial charge is 0.356 e. The first-order valence-corrected chi connectivity index (χ1v) is 12.1. The van der Waals surface area contributed by atoms with E-state index in [1.165, 1.54) is 29.2 Å². The van der Waals surface area contributed by atoms with E-state index in [2.05, 4.69) is 42.5 Å². The normalized spacial score (nSPS) is 17.7. The lowest BCUT2D eigenvalue weighted by atomic mass is 10.2. The number of hydrogen-bond donors (Lipinski definition) is 1. The lowest BCUT2D eigenvalue weighted by Crippen LogP contribution is -2.52. The van der Waals surface area contributed by atoms with Gasteiger partial charge in [0.25, 0.3) is 0 Å². The van der Waals surface area contributed by atoms with Crippen LogP contribution in [0.3, 0.4) is 0 Å². The summed E-state index contributed by atoms with van der Waals surface area (Å²) in [6.45, 7) is 8.13. The second-order valence-corrected chi connectivity index (χ2v) is 9.21. The molecule has 9 heteroatoms. The highest BCUT2D eigenvalue weighted by atomic mass is 127.